The molecule has 3 aromatic carbocycles. The Balaban J connectivity index is 1.62. The van der Waals surface area contributed by atoms with Crippen molar-refractivity contribution in [2.45, 2.75) is 4.90 Å². The van der Waals surface area contributed by atoms with Crippen LogP contribution in [0.1, 0.15) is 20.7 Å². The van der Waals surface area contributed by atoms with Gasteiger partial charge in [0.2, 0.25) is 0 Å². The van der Waals surface area contributed by atoms with Crippen molar-refractivity contribution >= 4 is 33.5 Å². The van der Waals surface area contributed by atoms with E-state index < -0.39 is 34.4 Å². The Morgan fingerprint density at radius 2 is 1.56 bits per heavy atom. The number of imide groups is 1. The highest BCUT2D eigenvalue weighted by Gasteiger charge is 2.23. The molecular formula is C24H22N2O7S. The largest absolute Gasteiger partial charge is 0.497 e. The molecule has 0 aliphatic carbocycles. The van der Waals surface area contributed by atoms with Gasteiger partial charge in [0.15, 0.2) is 6.61 Å². The number of nitrogens with zero attached hydrogens (tertiary/aromatic N) is 1. The SMILES string of the molecule is COc1ccc(C(=O)NC(=O)COC(=O)c2cccc(S(=O)(=O)N(C)c3ccccc3)c2)cc1. The van der Waals surface area contributed by atoms with Crippen LogP contribution in [0.5, 0.6) is 5.75 Å². The van der Waals surface area contributed by atoms with Gasteiger partial charge < -0.3 is 9.47 Å². The first-order chi connectivity index (χ1) is 16.2. The molecule has 10 heteroatoms. The summed E-state index contributed by atoms with van der Waals surface area (Å²) in [5, 5.41) is 2.11. The predicted molar refractivity (Wildman–Crippen MR) is 124 cm³/mol. The summed E-state index contributed by atoms with van der Waals surface area (Å²) in [6, 6.07) is 19.8. The van der Waals surface area contributed by atoms with Crippen molar-refractivity contribution in [3.63, 3.8) is 0 Å². The maximum absolute atomic E-state index is 12.9. The average Bonchev–Trinajstić information content (AvgIpc) is 2.87. The first-order valence-electron chi connectivity index (χ1n) is 10.0. The molecule has 3 aromatic rings. The second kappa shape index (κ2) is 10.6. The van der Waals surface area contributed by atoms with E-state index >= 15 is 0 Å². The lowest BCUT2D eigenvalue weighted by Gasteiger charge is -2.19. The molecule has 176 valence electrons. The predicted octanol–water partition coefficient (Wildman–Crippen LogP) is 2.63. The summed E-state index contributed by atoms with van der Waals surface area (Å²) >= 11 is 0. The van der Waals surface area contributed by atoms with Gasteiger partial charge in [-0.3, -0.25) is 19.2 Å². The molecule has 2 amide bonds. The fourth-order valence-electron chi connectivity index (χ4n) is 2.91. The Hall–Kier alpha value is -4.18. The normalized spacial score (nSPS) is 10.8. The third-order valence-electron chi connectivity index (χ3n) is 4.79. The van der Waals surface area contributed by atoms with E-state index in [1.54, 1.807) is 42.5 Å². The van der Waals surface area contributed by atoms with Crippen LogP contribution in [-0.2, 0) is 19.6 Å². The summed E-state index contributed by atoms with van der Waals surface area (Å²) in [6.07, 6.45) is 0. The van der Waals surface area contributed by atoms with Gasteiger partial charge in [-0.15, -0.1) is 0 Å². The van der Waals surface area contributed by atoms with Crippen LogP contribution in [0.4, 0.5) is 5.69 Å². The van der Waals surface area contributed by atoms with Gasteiger partial charge in [0, 0.05) is 12.6 Å². The van der Waals surface area contributed by atoms with E-state index in [1.165, 1.54) is 44.5 Å². The van der Waals surface area contributed by atoms with Crippen LogP contribution in [0, 0.1) is 0 Å². The smallest absolute Gasteiger partial charge is 0.338 e. The van der Waals surface area contributed by atoms with Crippen molar-refractivity contribution in [1.82, 2.24) is 5.32 Å². The van der Waals surface area contributed by atoms with E-state index in [0.29, 0.717) is 11.4 Å². The zero-order valence-corrected chi connectivity index (χ0v) is 19.2. The zero-order chi connectivity index (χ0) is 24.7. The molecule has 0 spiro atoms. The summed E-state index contributed by atoms with van der Waals surface area (Å²) in [4.78, 5) is 36.4. The number of amides is 2. The van der Waals surface area contributed by atoms with E-state index in [4.69, 9.17) is 9.47 Å². The van der Waals surface area contributed by atoms with Crippen LogP contribution in [0.25, 0.3) is 0 Å². The molecule has 34 heavy (non-hydrogen) atoms. The summed E-state index contributed by atoms with van der Waals surface area (Å²) in [5.41, 5.74) is 0.617. The van der Waals surface area contributed by atoms with Crippen molar-refractivity contribution in [3.05, 3.63) is 90.0 Å². The highest BCUT2D eigenvalue weighted by atomic mass is 32.2. The monoisotopic (exact) mass is 482 g/mol. The fraction of sp³-hybridized carbons (Fsp3) is 0.125. The quantitative estimate of drug-likeness (QED) is 0.490. The lowest BCUT2D eigenvalue weighted by Crippen LogP contribution is -2.34. The Morgan fingerprint density at radius 1 is 0.882 bits per heavy atom. The molecule has 0 atom stereocenters. The molecule has 0 heterocycles. The van der Waals surface area contributed by atoms with Crippen LogP contribution < -0.4 is 14.4 Å². The minimum atomic E-state index is -3.94. The lowest BCUT2D eigenvalue weighted by atomic mass is 10.2. The van der Waals surface area contributed by atoms with E-state index in [9.17, 15) is 22.8 Å². The van der Waals surface area contributed by atoms with Gasteiger partial charge in [-0.05, 0) is 54.6 Å². The minimum absolute atomic E-state index is 0.0585. The molecule has 0 bridgehead atoms. The van der Waals surface area contributed by atoms with E-state index in [-0.39, 0.29) is 16.0 Å². The van der Waals surface area contributed by atoms with Gasteiger partial charge in [0.1, 0.15) is 5.75 Å². The molecule has 0 fully saturated rings. The number of methoxy groups -OCH3 is 1. The molecule has 0 aliphatic rings. The van der Waals surface area contributed by atoms with Crippen molar-refractivity contribution < 1.29 is 32.3 Å². The van der Waals surface area contributed by atoms with Crippen LogP contribution >= 0.6 is 0 Å². The first kappa shape index (κ1) is 24.5. The molecule has 0 aliphatic heterocycles. The summed E-state index contributed by atoms with van der Waals surface area (Å²) in [5.74, 6) is -1.86. The van der Waals surface area contributed by atoms with Gasteiger partial charge in [0.05, 0.1) is 23.3 Å². The number of hydrogen-bond acceptors (Lipinski definition) is 7. The Labute approximate surface area is 197 Å². The maximum Gasteiger partial charge on any atom is 0.338 e. The number of hydrogen-bond donors (Lipinski definition) is 1. The molecule has 0 aromatic heterocycles. The molecule has 0 radical (unpaired) electrons. The highest BCUT2D eigenvalue weighted by Crippen LogP contribution is 2.22. The van der Waals surface area contributed by atoms with Gasteiger partial charge in [-0.1, -0.05) is 24.3 Å². The molecule has 0 unspecified atom stereocenters. The van der Waals surface area contributed by atoms with Crippen LogP contribution in [-0.4, -0.2) is 47.0 Å². The van der Waals surface area contributed by atoms with Crippen LogP contribution in [0.15, 0.2) is 83.8 Å². The third-order valence-corrected chi connectivity index (χ3v) is 6.57. The molecule has 3 rings (SSSR count). The topological polar surface area (TPSA) is 119 Å². The van der Waals surface area contributed by atoms with Gasteiger partial charge in [-0.2, -0.15) is 0 Å². The Bertz CT molecular complexity index is 1290. The minimum Gasteiger partial charge on any atom is -0.497 e. The second-order valence-electron chi connectivity index (χ2n) is 7.02. The lowest BCUT2D eigenvalue weighted by molar-refractivity contribution is -0.123. The van der Waals surface area contributed by atoms with Crippen molar-refractivity contribution in [3.8, 4) is 5.75 Å². The summed E-state index contributed by atoms with van der Waals surface area (Å²) in [6.45, 7) is -0.721. The number of carbonyl (C=O) groups is 3. The van der Waals surface area contributed by atoms with Crippen LogP contribution in [0.3, 0.4) is 0 Å². The van der Waals surface area contributed by atoms with Crippen LogP contribution in [0.2, 0.25) is 0 Å². The molecule has 0 saturated heterocycles. The maximum atomic E-state index is 12.9. The van der Waals surface area contributed by atoms with E-state index in [2.05, 4.69) is 5.32 Å². The Morgan fingerprint density at radius 3 is 2.21 bits per heavy atom. The second-order valence-corrected chi connectivity index (χ2v) is 8.99. The standard InChI is InChI=1S/C24H22N2O7S/c1-26(19-8-4-3-5-9-19)34(30,31)21-10-6-7-18(15-21)24(29)33-16-22(27)25-23(28)17-11-13-20(32-2)14-12-17/h3-15H,16H2,1-2H3,(H,25,27,28). The summed E-state index contributed by atoms with van der Waals surface area (Å²) in [7, 11) is -1.05. The number of esters is 1. The number of carbonyl (C=O) groups excluding carboxylic acids is 3. The van der Waals surface area contributed by atoms with Gasteiger partial charge >= 0.3 is 5.97 Å². The zero-order valence-electron chi connectivity index (χ0n) is 18.4. The summed E-state index contributed by atoms with van der Waals surface area (Å²) < 4.78 is 36.9. The third kappa shape index (κ3) is 5.78. The van der Waals surface area contributed by atoms with Crippen molar-refractivity contribution in [2.75, 3.05) is 25.1 Å². The Kier molecular flexibility index (Phi) is 7.64. The molecular weight excluding hydrogens is 460 g/mol. The molecule has 1 N–H and O–H groups in total. The average molecular weight is 483 g/mol. The number of para-hydroxylation sites is 1. The molecule has 9 nitrogen and oxygen atoms in total. The number of rotatable bonds is 8. The van der Waals surface area contributed by atoms with Gasteiger partial charge in [-0.25, -0.2) is 13.2 Å². The first-order valence-corrected chi connectivity index (χ1v) is 11.5. The van der Waals surface area contributed by atoms with E-state index in [0.717, 1.165) is 10.4 Å². The number of ether oxygens (including phenoxy) is 2. The number of sulfonamides is 1. The van der Waals surface area contributed by atoms with Crippen molar-refractivity contribution in [1.29, 1.82) is 0 Å². The molecule has 0 saturated carbocycles. The number of nitrogens with one attached hydrogen (secondary N) is 1. The number of benzene rings is 3. The van der Waals surface area contributed by atoms with E-state index in [1.807, 2.05) is 0 Å². The number of anilines is 1. The van der Waals surface area contributed by atoms with Crippen molar-refractivity contribution in [2.24, 2.45) is 0 Å². The highest BCUT2D eigenvalue weighted by molar-refractivity contribution is 7.92. The fourth-order valence-corrected chi connectivity index (χ4v) is 4.15. The van der Waals surface area contributed by atoms with Gasteiger partial charge in [0.25, 0.3) is 21.8 Å².